The maximum absolute atomic E-state index is 13.4. The van der Waals surface area contributed by atoms with Crippen LogP contribution in [0.2, 0.25) is 0 Å². The monoisotopic (exact) mass is 450 g/mol. The SMILES string of the molecule is C=CCn1c(SCc2cc(=O)n3ccccc3n2)nc2sc3c(c2c1=O)CCC(C)C3. The normalized spacial score (nSPS) is 16.0. The molecule has 0 spiro atoms. The zero-order valence-electron chi connectivity index (χ0n) is 17.2. The molecule has 0 saturated heterocycles. The van der Waals surface area contributed by atoms with E-state index in [-0.39, 0.29) is 11.1 Å². The summed E-state index contributed by atoms with van der Waals surface area (Å²) in [5.41, 5.74) is 2.35. The van der Waals surface area contributed by atoms with Crippen molar-refractivity contribution in [3.63, 3.8) is 0 Å². The number of nitrogens with zero attached hydrogens (tertiary/aromatic N) is 4. The van der Waals surface area contributed by atoms with Crippen LogP contribution in [0.4, 0.5) is 0 Å². The summed E-state index contributed by atoms with van der Waals surface area (Å²) in [7, 11) is 0. The van der Waals surface area contributed by atoms with E-state index in [0.717, 1.165) is 29.5 Å². The second-order valence-electron chi connectivity index (χ2n) is 7.93. The second kappa shape index (κ2) is 8.09. The topological polar surface area (TPSA) is 69.3 Å². The average molecular weight is 451 g/mol. The Bertz CT molecular complexity index is 1430. The summed E-state index contributed by atoms with van der Waals surface area (Å²) in [4.78, 5) is 37.3. The molecule has 158 valence electrons. The van der Waals surface area contributed by atoms with Crippen LogP contribution in [0, 0.1) is 5.92 Å². The first kappa shape index (κ1) is 20.2. The molecule has 0 amide bonds. The molecule has 31 heavy (non-hydrogen) atoms. The molecule has 1 aliphatic rings. The van der Waals surface area contributed by atoms with Gasteiger partial charge in [-0.15, -0.1) is 17.9 Å². The molecule has 6 nitrogen and oxygen atoms in total. The Balaban J connectivity index is 1.55. The van der Waals surface area contributed by atoms with Crippen LogP contribution >= 0.6 is 23.1 Å². The molecule has 0 aromatic carbocycles. The van der Waals surface area contributed by atoms with Crippen molar-refractivity contribution in [3.8, 4) is 0 Å². The highest BCUT2D eigenvalue weighted by molar-refractivity contribution is 7.98. The lowest BCUT2D eigenvalue weighted by Crippen LogP contribution is -2.23. The van der Waals surface area contributed by atoms with Gasteiger partial charge in [-0.1, -0.05) is 30.8 Å². The predicted molar refractivity (Wildman–Crippen MR) is 126 cm³/mol. The van der Waals surface area contributed by atoms with Gasteiger partial charge >= 0.3 is 0 Å². The first-order chi connectivity index (χ1) is 15.0. The van der Waals surface area contributed by atoms with Crippen LogP contribution in [-0.2, 0) is 25.1 Å². The van der Waals surface area contributed by atoms with E-state index >= 15 is 0 Å². The van der Waals surface area contributed by atoms with Gasteiger partial charge < -0.3 is 0 Å². The Morgan fingerprint density at radius 1 is 1.32 bits per heavy atom. The Morgan fingerprint density at radius 2 is 2.19 bits per heavy atom. The molecule has 0 N–H and O–H groups in total. The van der Waals surface area contributed by atoms with Gasteiger partial charge in [0.2, 0.25) is 0 Å². The van der Waals surface area contributed by atoms with E-state index < -0.39 is 0 Å². The van der Waals surface area contributed by atoms with Gasteiger partial charge in [0, 0.05) is 29.4 Å². The third kappa shape index (κ3) is 3.64. The first-order valence-electron chi connectivity index (χ1n) is 10.3. The van der Waals surface area contributed by atoms with Gasteiger partial charge in [-0.05, 0) is 42.9 Å². The van der Waals surface area contributed by atoms with Gasteiger partial charge in [0.1, 0.15) is 10.5 Å². The van der Waals surface area contributed by atoms with Crippen molar-refractivity contribution in [1.29, 1.82) is 0 Å². The van der Waals surface area contributed by atoms with Gasteiger partial charge in [0.25, 0.3) is 11.1 Å². The summed E-state index contributed by atoms with van der Waals surface area (Å²) < 4.78 is 3.21. The van der Waals surface area contributed by atoms with Gasteiger partial charge in [-0.2, -0.15) is 0 Å². The molecule has 0 aliphatic heterocycles. The molecule has 0 radical (unpaired) electrons. The molecule has 1 atom stereocenters. The minimum atomic E-state index is -0.117. The van der Waals surface area contributed by atoms with Crippen molar-refractivity contribution >= 4 is 39.0 Å². The smallest absolute Gasteiger partial charge is 0.263 e. The number of fused-ring (bicyclic) bond motifs is 4. The fourth-order valence-electron chi connectivity index (χ4n) is 4.12. The molecule has 4 heterocycles. The fraction of sp³-hybridized carbons (Fsp3) is 0.304. The summed E-state index contributed by atoms with van der Waals surface area (Å²) in [5, 5.41) is 1.42. The largest absolute Gasteiger partial charge is 0.283 e. The van der Waals surface area contributed by atoms with Crippen LogP contribution in [-0.4, -0.2) is 18.9 Å². The standard InChI is InChI=1S/C23H22N4O2S2/c1-3-9-27-22(29)20-16-8-7-14(2)11-17(16)31-21(20)25-23(27)30-13-15-12-19(28)26-10-5-4-6-18(26)24-15/h3-6,10,12,14H,1,7-9,11,13H2,2H3. The van der Waals surface area contributed by atoms with Crippen molar-refractivity contribution < 1.29 is 0 Å². The van der Waals surface area contributed by atoms with E-state index in [1.165, 1.54) is 26.6 Å². The summed E-state index contributed by atoms with van der Waals surface area (Å²) in [6.07, 6.45) is 6.50. The molecule has 5 rings (SSSR count). The molecule has 0 bridgehead atoms. The average Bonchev–Trinajstić information content (AvgIpc) is 3.12. The van der Waals surface area contributed by atoms with Crippen molar-refractivity contribution in [2.24, 2.45) is 5.92 Å². The van der Waals surface area contributed by atoms with Crippen LogP contribution in [0.5, 0.6) is 0 Å². The van der Waals surface area contributed by atoms with E-state index in [1.54, 1.807) is 40.3 Å². The van der Waals surface area contributed by atoms with Gasteiger partial charge in [0.05, 0.1) is 11.1 Å². The van der Waals surface area contributed by atoms with E-state index in [1.807, 2.05) is 12.1 Å². The van der Waals surface area contributed by atoms with Crippen LogP contribution < -0.4 is 11.1 Å². The number of thiophene rings is 1. The van der Waals surface area contributed by atoms with Crippen LogP contribution in [0.3, 0.4) is 0 Å². The molecule has 1 aliphatic carbocycles. The maximum Gasteiger partial charge on any atom is 0.263 e. The number of thioether (sulfide) groups is 1. The lowest BCUT2D eigenvalue weighted by atomic mass is 9.89. The van der Waals surface area contributed by atoms with E-state index in [4.69, 9.17) is 4.98 Å². The first-order valence-corrected chi connectivity index (χ1v) is 12.1. The minimum Gasteiger partial charge on any atom is -0.283 e. The van der Waals surface area contributed by atoms with Gasteiger partial charge in [-0.3, -0.25) is 18.6 Å². The highest BCUT2D eigenvalue weighted by Crippen LogP contribution is 2.36. The summed E-state index contributed by atoms with van der Waals surface area (Å²) in [6.45, 7) is 6.48. The third-order valence-electron chi connectivity index (χ3n) is 5.67. The number of aryl methyl sites for hydroxylation is 1. The molecule has 0 saturated carbocycles. The van der Waals surface area contributed by atoms with Gasteiger partial charge in [-0.25, -0.2) is 9.97 Å². The van der Waals surface area contributed by atoms with Crippen LogP contribution in [0.1, 0.15) is 29.5 Å². The number of rotatable bonds is 5. The van der Waals surface area contributed by atoms with Gasteiger partial charge in [0.15, 0.2) is 5.16 Å². The van der Waals surface area contributed by atoms with E-state index in [2.05, 4.69) is 18.5 Å². The second-order valence-corrected chi connectivity index (χ2v) is 9.96. The summed E-state index contributed by atoms with van der Waals surface area (Å²) in [5.74, 6) is 1.10. The van der Waals surface area contributed by atoms with Crippen molar-refractivity contribution in [3.05, 3.63) is 80.0 Å². The highest BCUT2D eigenvalue weighted by Gasteiger charge is 2.24. The number of hydrogen-bond acceptors (Lipinski definition) is 6. The number of pyridine rings is 1. The maximum atomic E-state index is 13.4. The number of aromatic nitrogens is 4. The number of allylic oxidation sites excluding steroid dienone is 1. The molecular formula is C23H22N4O2S2. The lowest BCUT2D eigenvalue weighted by Gasteiger charge is -2.17. The Kier molecular flexibility index (Phi) is 5.27. The molecule has 1 unspecified atom stereocenters. The van der Waals surface area contributed by atoms with E-state index in [9.17, 15) is 9.59 Å². The molecule has 8 heteroatoms. The van der Waals surface area contributed by atoms with Crippen molar-refractivity contribution in [2.45, 2.75) is 43.6 Å². The molecular weight excluding hydrogens is 428 g/mol. The number of hydrogen-bond donors (Lipinski definition) is 0. The minimum absolute atomic E-state index is 0.00555. The third-order valence-corrected chi connectivity index (χ3v) is 7.82. The fourth-order valence-corrected chi connectivity index (χ4v) is 6.45. The Hall–Kier alpha value is -2.71. The summed E-state index contributed by atoms with van der Waals surface area (Å²) >= 11 is 3.08. The predicted octanol–water partition coefficient (Wildman–Crippen LogP) is 4.07. The summed E-state index contributed by atoms with van der Waals surface area (Å²) in [6, 6.07) is 7.01. The van der Waals surface area contributed by atoms with Crippen LogP contribution in [0.15, 0.2) is 57.9 Å². The molecule has 0 fully saturated rings. The molecule has 4 aromatic heterocycles. The zero-order chi connectivity index (χ0) is 21.5. The Labute approximate surface area is 187 Å². The molecule has 4 aromatic rings. The Morgan fingerprint density at radius 3 is 3.03 bits per heavy atom. The van der Waals surface area contributed by atoms with Crippen LogP contribution in [0.25, 0.3) is 15.9 Å². The zero-order valence-corrected chi connectivity index (χ0v) is 18.8. The lowest BCUT2D eigenvalue weighted by molar-refractivity contribution is 0.509. The van der Waals surface area contributed by atoms with Crippen molar-refractivity contribution in [2.75, 3.05) is 0 Å². The van der Waals surface area contributed by atoms with E-state index in [0.29, 0.717) is 34.7 Å². The highest BCUT2D eigenvalue weighted by atomic mass is 32.2. The van der Waals surface area contributed by atoms with Crippen molar-refractivity contribution in [1.82, 2.24) is 18.9 Å². The quantitative estimate of drug-likeness (QED) is 0.260.